The Morgan fingerprint density at radius 1 is 1.12 bits per heavy atom. The fourth-order valence-corrected chi connectivity index (χ4v) is 1.80. The smallest absolute Gasteiger partial charge is 0.303 e. The summed E-state index contributed by atoms with van der Waals surface area (Å²) in [4.78, 5) is 10.5. The zero-order chi connectivity index (χ0) is 13.1. The van der Waals surface area contributed by atoms with Crippen molar-refractivity contribution in [3.8, 4) is 0 Å². The summed E-state index contributed by atoms with van der Waals surface area (Å²) < 4.78 is 0. The Balaban J connectivity index is 3.42. The minimum absolute atomic E-state index is 0.134. The van der Waals surface area contributed by atoms with Gasteiger partial charge in [-0.25, -0.2) is 0 Å². The molecule has 102 valence electrons. The van der Waals surface area contributed by atoms with Gasteiger partial charge >= 0.3 is 5.97 Å². The molecular weight excluding hydrogens is 214 g/mol. The molecular formula is C14H29NO2. The first kappa shape index (κ1) is 16.4. The Hall–Kier alpha value is -0.570. The Bertz CT molecular complexity index is 202. The molecule has 0 spiro atoms. The van der Waals surface area contributed by atoms with Gasteiger partial charge in [-0.1, -0.05) is 40.0 Å². The fourth-order valence-electron chi connectivity index (χ4n) is 1.80. The maximum Gasteiger partial charge on any atom is 0.303 e. The normalized spacial score (nSPS) is 11.7. The first-order valence-corrected chi connectivity index (χ1v) is 6.90. The van der Waals surface area contributed by atoms with Crippen LogP contribution in [0.4, 0.5) is 0 Å². The Morgan fingerprint density at radius 3 is 2.41 bits per heavy atom. The van der Waals surface area contributed by atoms with E-state index in [0.29, 0.717) is 0 Å². The van der Waals surface area contributed by atoms with Crippen molar-refractivity contribution >= 4 is 5.97 Å². The van der Waals surface area contributed by atoms with Crippen LogP contribution < -0.4 is 5.32 Å². The highest BCUT2D eigenvalue weighted by atomic mass is 16.4. The van der Waals surface area contributed by atoms with Crippen LogP contribution in [0.1, 0.15) is 65.7 Å². The molecule has 3 nitrogen and oxygen atoms in total. The molecule has 0 radical (unpaired) electrons. The molecule has 0 bridgehead atoms. The number of rotatable bonds is 11. The van der Waals surface area contributed by atoms with E-state index in [4.69, 9.17) is 5.11 Å². The summed E-state index contributed by atoms with van der Waals surface area (Å²) in [6.07, 6.45) is 7.26. The number of aliphatic carboxylic acids is 1. The van der Waals surface area contributed by atoms with Crippen molar-refractivity contribution in [2.45, 2.75) is 65.7 Å². The maximum atomic E-state index is 10.5. The molecule has 0 aromatic heterocycles. The fraction of sp³-hybridized carbons (Fsp3) is 0.929. The number of carboxylic acid groups (broad SMARTS) is 1. The Morgan fingerprint density at radius 2 is 1.82 bits per heavy atom. The molecule has 0 aliphatic heterocycles. The Labute approximate surface area is 106 Å². The van der Waals surface area contributed by atoms with Crippen LogP contribution in [0.2, 0.25) is 0 Å². The van der Waals surface area contributed by atoms with Gasteiger partial charge in [-0.2, -0.15) is 0 Å². The lowest BCUT2D eigenvalue weighted by molar-refractivity contribution is -0.137. The van der Waals surface area contributed by atoms with E-state index in [9.17, 15) is 4.79 Å². The topological polar surface area (TPSA) is 49.3 Å². The highest BCUT2D eigenvalue weighted by Gasteiger charge is 2.18. The van der Waals surface area contributed by atoms with Crippen LogP contribution in [-0.4, -0.2) is 24.2 Å². The summed E-state index contributed by atoms with van der Waals surface area (Å²) in [5.41, 5.74) is 0.134. The monoisotopic (exact) mass is 243 g/mol. The lowest BCUT2D eigenvalue weighted by Gasteiger charge is -2.23. The third-order valence-corrected chi connectivity index (χ3v) is 3.20. The standard InChI is InChI=1S/C14H29NO2/c1-4-5-6-7-11-15-12-10-14(2,3)9-8-13(16)17/h15H,4-12H2,1-3H3,(H,16,17). The third kappa shape index (κ3) is 11.7. The minimum atomic E-state index is -0.689. The van der Waals surface area contributed by atoms with Crippen molar-refractivity contribution in [1.82, 2.24) is 5.32 Å². The van der Waals surface area contributed by atoms with Crippen molar-refractivity contribution in [2.75, 3.05) is 13.1 Å². The summed E-state index contributed by atoms with van der Waals surface area (Å²) in [6.45, 7) is 8.61. The predicted molar refractivity (Wildman–Crippen MR) is 72.3 cm³/mol. The number of nitrogens with one attached hydrogen (secondary N) is 1. The second-order valence-corrected chi connectivity index (χ2v) is 5.62. The molecule has 3 heteroatoms. The van der Waals surface area contributed by atoms with Gasteiger partial charge in [0.2, 0.25) is 0 Å². The van der Waals surface area contributed by atoms with Crippen LogP contribution in [0, 0.1) is 5.41 Å². The number of unbranched alkanes of at least 4 members (excludes halogenated alkanes) is 3. The average Bonchev–Trinajstić information content (AvgIpc) is 2.25. The summed E-state index contributed by atoms with van der Waals surface area (Å²) in [5, 5.41) is 12.1. The maximum absolute atomic E-state index is 10.5. The molecule has 0 saturated carbocycles. The molecule has 0 unspecified atom stereocenters. The molecule has 0 heterocycles. The minimum Gasteiger partial charge on any atom is -0.481 e. The first-order chi connectivity index (χ1) is 7.98. The summed E-state index contributed by atoms with van der Waals surface area (Å²) in [7, 11) is 0. The van der Waals surface area contributed by atoms with Gasteiger partial charge < -0.3 is 10.4 Å². The number of carboxylic acids is 1. The molecule has 0 rings (SSSR count). The molecule has 0 amide bonds. The quantitative estimate of drug-likeness (QED) is 0.547. The van der Waals surface area contributed by atoms with E-state index in [1.165, 1.54) is 25.7 Å². The van der Waals surface area contributed by atoms with E-state index in [0.717, 1.165) is 25.9 Å². The third-order valence-electron chi connectivity index (χ3n) is 3.20. The molecule has 0 fully saturated rings. The lowest BCUT2D eigenvalue weighted by Crippen LogP contribution is -2.23. The van der Waals surface area contributed by atoms with Crippen LogP contribution >= 0.6 is 0 Å². The zero-order valence-corrected chi connectivity index (χ0v) is 11.7. The molecule has 0 atom stereocenters. The summed E-state index contributed by atoms with van der Waals surface area (Å²) in [5.74, 6) is -0.689. The average molecular weight is 243 g/mol. The van der Waals surface area contributed by atoms with Crippen molar-refractivity contribution < 1.29 is 9.90 Å². The highest BCUT2D eigenvalue weighted by molar-refractivity contribution is 5.66. The number of hydrogen-bond acceptors (Lipinski definition) is 2. The predicted octanol–water partition coefficient (Wildman–Crippen LogP) is 3.44. The van der Waals surface area contributed by atoms with E-state index in [1.54, 1.807) is 0 Å². The van der Waals surface area contributed by atoms with Crippen molar-refractivity contribution in [3.63, 3.8) is 0 Å². The van der Waals surface area contributed by atoms with E-state index >= 15 is 0 Å². The van der Waals surface area contributed by atoms with E-state index in [2.05, 4.69) is 26.1 Å². The molecule has 0 aliphatic carbocycles. The van der Waals surface area contributed by atoms with Gasteiger partial charge in [-0.3, -0.25) is 4.79 Å². The first-order valence-electron chi connectivity index (χ1n) is 6.90. The second kappa shape index (κ2) is 9.46. The SMILES string of the molecule is CCCCCCNCCC(C)(C)CCC(=O)O. The van der Waals surface area contributed by atoms with Gasteiger partial charge in [-0.15, -0.1) is 0 Å². The summed E-state index contributed by atoms with van der Waals surface area (Å²) >= 11 is 0. The van der Waals surface area contributed by atoms with Gasteiger partial charge in [0.25, 0.3) is 0 Å². The number of carbonyl (C=O) groups is 1. The van der Waals surface area contributed by atoms with Crippen molar-refractivity contribution in [1.29, 1.82) is 0 Å². The van der Waals surface area contributed by atoms with Gasteiger partial charge in [0.05, 0.1) is 0 Å². The molecule has 2 N–H and O–H groups in total. The highest BCUT2D eigenvalue weighted by Crippen LogP contribution is 2.25. The van der Waals surface area contributed by atoms with Crippen LogP contribution in [0.5, 0.6) is 0 Å². The van der Waals surface area contributed by atoms with Gasteiger partial charge in [0, 0.05) is 6.42 Å². The van der Waals surface area contributed by atoms with Gasteiger partial charge in [0.1, 0.15) is 0 Å². The van der Waals surface area contributed by atoms with Crippen molar-refractivity contribution in [3.05, 3.63) is 0 Å². The van der Waals surface area contributed by atoms with Gasteiger partial charge in [0.15, 0.2) is 0 Å². The number of hydrogen-bond donors (Lipinski definition) is 2. The van der Waals surface area contributed by atoms with Crippen LogP contribution in [0.25, 0.3) is 0 Å². The molecule has 0 aromatic rings. The van der Waals surface area contributed by atoms with Crippen LogP contribution in [0.3, 0.4) is 0 Å². The van der Waals surface area contributed by atoms with E-state index in [-0.39, 0.29) is 11.8 Å². The van der Waals surface area contributed by atoms with Crippen molar-refractivity contribution in [2.24, 2.45) is 5.41 Å². The van der Waals surface area contributed by atoms with E-state index in [1.807, 2.05) is 0 Å². The lowest BCUT2D eigenvalue weighted by atomic mass is 9.84. The Kier molecular flexibility index (Phi) is 9.14. The van der Waals surface area contributed by atoms with Crippen LogP contribution in [-0.2, 0) is 4.79 Å². The molecule has 0 aromatic carbocycles. The van der Waals surface area contributed by atoms with E-state index < -0.39 is 5.97 Å². The molecule has 17 heavy (non-hydrogen) atoms. The summed E-state index contributed by atoms with van der Waals surface area (Å²) in [6, 6.07) is 0. The zero-order valence-electron chi connectivity index (χ0n) is 11.7. The second-order valence-electron chi connectivity index (χ2n) is 5.62. The van der Waals surface area contributed by atoms with Gasteiger partial charge in [-0.05, 0) is 37.8 Å². The molecule has 0 aliphatic rings. The van der Waals surface area contributed by atoms with Crippen LogP contribution in [0.15, 0.2) is 0 Å². The largest absolute Gasteiger partial charge is 0.481 e. The molecule has 0 saturated heterocycles.